The fraction of sp³-hybridized carbons (Fsp3) is 0.267. The molecule has 1 saturated heterocycles. The number of para-hydroxylation sites is 1. The van der Waals surface area contributed by atoms with E-state index in [1.807, 2.05) is 49.5 Å². The molecule has 0 saturated carbocycles. The molecule has 1 fully saturated rings. The van der Waals surface area contributed by atoms with Crippen LogP contribution in [0.15, 0.2) is 48.6 Å². The third kappa shape index (κ3) is 1.15. The first-order chi connectivity index (χ1) is 9.25. The first kappa shape index (κ1) is 10.8. The molecule has 2 aliphatic heterocycles. The summed E-state index contributed by atoms with van der Waals surface area (Å²) >= 11 is 0. The number of nitrogens with zero attached hydrogens (tertiary/aromatic N) is 1. The van der Waals surface area contributed by atoms with Crippen molar-refractivity contribution in [3.8, 4) is 0 Å². The molecule has 0 bridgehead atoms. The van der Waals surface area contributed by atoms with E-state index >= 15 is 0 Å². The third-order valence-corrected chi connectivity index (χ3v) is 4.26. The largest absolute Gasteiger partial charge is 0.383 e. The van der Waals surface area contributed by atoms with Crippen molar-refractivity contribution in [3.63, 3.8) is 0 Å². The molecular formula is C15H13NO3. The van der Waals surface area contributed by atoms with Gasteiger partial charge in [-0.15, -0.1) is 0 Å². The third-order valence-electron chi connectivity index (χ3n) is 4.26. The van der Waals surface area contributed by atoms with Gasteiger partial charge in [-0.05, 0) is 6.07 Å². The van der Waals surface area contributed by atoms with Crippen molar-refractivity contribution >= 4 is 11.7 Å². The summed E-state index contributed by atoms with van der Waals surface area (Å²) in [5.41, 5.74) is 0.921. The molecule has 3 unspecified atom stereocenters. The van der Waals surface area contributed by atoms with Gasteiger partial charge in [0.1, 0.15) is 0 Å². The van der Waals surface area contributed by atoms with Crippen LogP contribution in [-0.4, -0.2) is 19.1 Å². The van der Waals surface area contributed by atoms with Crippen molar-refractivity contribution in [1.29, 1.82) is 0 Å². The van der Waals surface area contributed by atoms with Crippen molar-refractivity contribution in [2.75, 3.05) is 11.9 Å². The number of likely N-dealkylation sites (N-methyl/N-ethyl adjacent to an activating group) is 1. The Balaban J connectivity index is 1.98. The van der Waals surface area contributed by atoms with E-state index in [4.69, 9.17) is 4.89 Å². The van der Waals surface area contributed by atoms with Gasteiger partial charge in [0.15, 0.2) is 0 Å². The summed E-state index contributed by atoms with van der Waals surface area (Å²) < 4.78 is 0. The summed E-state index contributed by atoms with van der Waals surface area (Å²) in [6.45, 7) is 0. The van der Waals surface area contributed by atoms with E-state index in [-0.39, 0.29) is 17.9 Å². The number of rotatable bonds is 0. The van der Waals surface area contributed by atoms with E-state index in [1.165, 1.54) is 0 Å². The van der Waals surface area contributed by atoms with Crippen molar-refractivity contribution in [3.05, 3.63) is 54.1 Å². The van der Waals surface area contributed by atoms with Crippen LogP contribution in [0.4, 0.5) is 5.69 Å². The molecule has 1 aromatic rings. The summed E-state index contributed by atoms with van der Waals surface area (Å²) in [4.78, 5) is 24.3. The van der Waals surface area contributed by atoms with Crippen molar-refractivity contribution in [1.82, 2.24) is 0 Å². The fourth-order valence-electron chi connectivity index (χ4n) is 3.29. The fourth-order valence-corrected chi connectivity index (χ4v) is 3.29. The SMILES string of the molecule is CN1c2ccccc2C2(OOC2=O)C2C=CC=CC21. The minimum absolute atomic E-state index is 0.0568. The zero-order valence-electron chi connectivity index (χ0n) is 10.4. The highest BCUT2D eigenvalue weighted by atomic mass is 17.3. The van der Waals surface area contributed by atoms with Crippen LogP contribution in [0.1, 0.15) is 5.56 Å². The molecule has 0 radical (unpaired) electrons. The summed E-state index contributed by atoms with van der Waals surface area (Å²) in [5.74, 6) is -0.360. The topological polar surface area (TPSA) is 38.8 Å². The first-order valence-electron chi connectivity index (χ1n) is 6.32. The van der Waals surface area contributed by atoms with Gasteiger partial charge in [-0.2, -0.15) is 4.89 Å². The zero-order chi connectivity index (χ0) is 13.0. The second kappa shape index (κ2) is 3.48. The molecule has 0 aromatic heterocycles. The number of benzene rings is 1. The molecule has 0 N–H and O–H groups in total. The smallest absolute Gasteiger partial charge is 0.367 e. The van der Waals surface area contributed by atoms with E-state index in [2.05, 4.69) is 15.9 Å². The maximum Gasteiger partial charge on any atom is 0.383 e. The van der Waals surface area contributed by atoms with Crippen molar-refractivity contribution in [2.45, 2.75) is 11.6 Å². The normalized spacial score (nSPS) is 34.6. The van der Waals surface area contributed by atoms with Gasteiger partial charge in [0.25, 0.3) is 0 Å². The van der Waals surface area contributed by atoms with Crippen LogP contribution < -0.4 is 4.90 Å². The van der Waals surface area contributed by atoms with E-state index < -0.39 is 5.60 Å². The molecule has 4 heteroatoms. The predicted octanol–water partition coefficient (Wildman–Crippen LogP) is 1.93. The highest BCUT2D eigenvalue weighted by Gasteiger charge is 2.64. The van der Waals surface area contributed by atoms with Crippen LogP contribution in [-0.2, 0) is 20.2 Å². The van der Waals surface area contributed by atoms with E-state index in [0.29, 0.717) is 0 Å². The van der Waals surface area contributed by atoms with Gasteiger partial charge in [0.2, 0.25) is 5.60 Å². The number of allylic oxidation sites excluding steroid dienone is 2. The van der Waals surface area contributed by atoms with Gasteiger partial charge < -0.3 is 4.90 Å². The number of fused-ring (bicyclic) bond motifs is 4. The Kier molecular flexibility index (Phi) is 1.98. The standard InChI is InChI=1S/C15H13NO3/c1-16-12-8-4-2-6-10(12)15(14(17)18-19-15)11-7-3-5-9-13(11)16/h2-10,12H,1H3. The molecule has 3 aliphatic rings. The second-order valence-corrected chi connectivity index (χ2v) is 5.10. The number of carbonyl (C=O) groups excluding carboxylic acids is 1. The zero-order valence-corrected chi connectivity index (χ0v) is 10.4. The number of anilines is 1. The summed E-state index contributed by atoms with van der Waals surface area (Å²) in [6.07, 6.45) is 8.08. The first-order valence-corrected chi connectivity index (χ1v) is 6.32. The highest BCUT2D eigenvalue weighted by molar-refractivity contribution is 5.89. The number of carbonyl (C=O) groups is 1. The minimum atomic E-state index is -0.977. The maximum atomic E-state index is 12.1. The lowest BCUT2D eigenvalue weighted by Crippen LogP contribution is -2.63. The van der Waals surface area contributed by atoms with Crippen LogP contribution >= 0.6 is 0 Å². The molecular weight excluding hydrogens is 242 g/mol. The van der Waals surface area contributed by atoms with Crippen molar-refractivity contribution in [2.24, 2.45) is 5.92 Å². The van der Waals surface area contributed by atoms with E-state index in [0.717, 1.165) is 11.3 Å². The molecule has 1 aromatic carbocycles. The Morgan fingerprint density at radius 2 is 2.00 bits per heavy atom. The summed E-state index contributed by atoms with van der Waals surface area (Å²) in [7, 11) is 2.04. The van der Waals surface area contributed by atoms with Gasteiger partial charge in [0, 0.05) is 18.3 Å². The molecule has 4 rings (SSSR count). The average molecular weight is 255 g/mol. The number of hydrogen-bond donors (Lipinski definition) is 0. The van der Waals surface area contributed by atoms with Gasteiger partial charge in [-0.3, -0.25) is 4.89 Å². The molecule has 3 atom stereocenters. The van der Waals surface area contributed by atoms with E-state index in [1.54, 1.807) is 0 Å². The Morgan fingerprint density at radius 1 is 1.21 bits per heavy atom. The molecule has 4 nitrogen and oxygen atoms in total. The summed E-state index contributed by atoms with van der Waals surface area (Å²) in [6, 6.07) is 7.94. The van der Waals surface area contributed by atoms with Gasteiger partial charge in [0.05, 0.1) is 12.0 Å². The molecule has 1 spiro atoms. The van der Waals surface area contributed by atoms with Gasteiger partial charge in [-0.25, -0.2) is 4.79 Å². The van der Waals surface area contributed by atoms with Crippen molar-refractivity contribution < 1.29 is 14.6 Å². The Bertz CT molecular complexity index is 622. The maximum absolute atomic E-state index is 12.1. The monoisotopic (exact) mass is 255 g/mol. The molecule has 2 heterocycles. The lowest BCUT2D eigenvalue weighted by molar-refractivity contribution is -0.418. The Labute approximate surface area is 110 Å². The van der Waals surface area contributed by atoms with E-state index in [9.17, 15) is 4.79 Å². The lowest BCUT2D eigenvalue weighted by atomic mass is 9.70. The quantitative estimate of drug-likeness (QED) is 0.664. The van der Waals surface area contributed by atoms with Crippen LogP contribution in [0, 0.1) is 5.92 Å². The summed E-state index contributed by atoms with van der Waals surface area (Å²) in [5, 5.41) is 0. The molecule has 1 aliphatic carbocycles. The molecule has 19 heavy (non-hydrogen) atoms. The van der Waals surface area contributed by atoms with Crippen LogP contribution in [0.3, 0.4) is 0 Å². The van der Waals surface area contributed by atoms with Crippen LogP contribution in [0.25, 0.3) is 0 Å². The lowest BCUT2D eigenvalue weighted by Gasteiger charge is -2.51. The van der Waals surface area contributed by atoms with Gasteiger partial charge in [-0.1, -0.05) is 42.5 Å². The molecule has 96 valence electrons. The second-order valence-electron chi connectivity index (χ2n) is 5.10. The Morgan fingerprint density at radius 3 is 2.74 bits per heavy atom. The molecule has 0 amide bonds. The minimum Gasteiger partial charge on any atom is -0.367 e. The Hall–Kier alpha value is -2.07. The van der Waals surface area contributed by atoms with Crippen LogP contribution in [0.2, 0.25) is 0 Å². The van der Waals surface area contributed by atoms with Crippen LogP contribution in [0.5, 0.6) is 0 Å². The highest BCUT2D eigenvalue weighted by Crippen LogP contribution is 2.52. The predicted molar refractivity (Wildman–Crippen MR) is 69.3 cm³/mol. The number of hydrogen-bond acceptors (Lipinski definition) is 4. The van der Waals surface area contributed by atoms with Gasteiger partial charge >= 0.3 is 5.97 Å². The average Bonchev–Trinajstić information content (AvgIpc) is 2.46.